The van der Waals surface area contributed by atoms with Gasteiger partial charge in [-0.3, -0.25) is 0 Å². The predicted molar refractivity (Wildman–Crippen MR) is 267 cm³/mol. The van der Waals surface area contributed by atoms with E-state index in [-0.39, 0.29) is 0 Å². The Morgan fingerprint density at radius 2 is 0.985 bits per heavy atom. The normalized spacial score (nSPS) is 12.0. The summed E-state index contributed by atoms with van der Waals surface area (Å²) in [6.45, 7) is 0. The van der Waals surface area contributed by atoms with Gasteiger partial charge in [0.1, 0.15) is 5.58 Å². The van der Waals surface area contributed by atoms with Crippen LogP contribution in [0.1, 0.15) is 0 Å². The van der Waals surface area contributed by atoms with Crippen molar-refractivity contribution in [2.45, 2.75) is 0 Å². The quantitative estimate of drug-likeness (QED) is 0.173. The summed E-state index contributed by atoms with van der Waals surface area (Å²) in [5, 5.41) is 11.4. The van der Waals surface area contributed by atoms with Crippen molar-refractivity contribution in [3.05, 3.63) is 212 Å². The van der Waals surface area contributed by atoms with Gasteiger partial charge in [-0.25, -0.2) is 15.0 Å². The number of hydrogen-bond donors (Lipinski definition) is 0. The van der Waals surface area contributed by atoms with E-state index in [0.717, 1.165) is 77.5 Å². The Balaban J connectivity index is 1.04. The first kappa shape index (κ1) is 35.7. The number of rotatable bonds is 5. The number of nitrogens with zero attached hydrogens (tertiary/aromatic N) is 5. The molecule has 0 N–H and O–H groups in total. The fraction of sp³-hybridized carbons (Fsp3) is 0. The van der Waals surface area contributed by atoms with Gasteiger partial charge in [-0.1, -0.05) is 146 Å². The summed E-state index contributed by atoms with van der Waals surface area (Å²) < 4.78 is 11.8. The third kappa shape index (κ3) is 5.38. The summed E-state index contributed by atoms with van der Waals surface area (Å²) >= 11 is 0. The van der Waals surface area contributed by atoms with E-state index in [0.29, 0.717) is 17.5 Å². The maximum Gasteiger partial charge on any atom is 0.164 e. The molecule has 0 aliphatic carbocycles. The van der Waals surface area contributed by atoms with E-state index in [4.69, 9.17) is 19.4 Å². The zero-order valence-corrected chi connectivity index (χ0v) is 34.9. The lowest BCUT2D eigenvalue weighted by atomic mass is 10.0. The molecule has 6 nitrogen and oxygen atoms in total. The molecule has 0 aliphatic heterocycles. The molecule has 0 saturated carbocycles. The van der Waals surface area contributed by atoms with E-state index in [2.05, 4.69) is 191 Å². The van der Waals surface area contributed by atoms with Crippen molar-refractivity contribution in [2.75, 3.05) is 0 Å². The van der Waals surface area contributed by atoms with Crippen molar-refractivity contribution < 1.29 is 4.42 Å². The zero-order chi connectivity index (χ0) is 42.6. The van der Waals surface area contributed by atoms with E-state index in [1.165, 1.54) is 37.7 Å². The summed E-state index contributed by atoms with van der Waals surface area (Å²) in [4.78, 5) is 15.9. The average Bonchev–Trinajstić information content (AvgIpc) is 4.04. The molecule has 0 fully saturated rings. The third-order valence-electron chi connectivity index (χ3n) is 13.1. The molecule has 0 atom stereocenters. The van der Waals surface area contributed by atoms with Crippen LogP contribution < -0.4 is 0 Å². The van der Waals surface area contributed by atoms with Crippen LogP contribution >= 0.6 is 0 Å². The molecule has 14 rings (SSSR count). The summed E-state index contributed by atoms with van der Waals surface area (Å²) in [5.74, 6) is 1.77. The van der Waals surface area contributed by atoms with Gasteiger partial charge in [-0.15, -0.1) is 0 Å². The van der Waals surface area contributed by atoms with Gasteiger partial charge in [0, 0.05) is 60.1 Å². The number of aromatic nitrogens is 5. The summed E-state index contributed by atoms with van der Waals surface area (Å²) in [6.07, 6.45) is 0. The SMILES string of the molecule is c1ccc(-c2nc(-c3ccc4c(c3)c3ccccc3n4-c3ccccc3)nc(-c3ccc(-n4c5cc6ccccc6cc5c5ccc6ccccc6c54)c4oc5ccccc5c34)n2)cc1. The van der Waals surface area contributed by atoms with Gasteiger partial charge in [0.25, 0.3) is 0 Å². The number of furan rings is 1. The van der Waals surface area contributed by atoms with Gasteiger partial charge in [0.15, 0.2) is 23.1 Å². The van der Waals surface area contributed by atoms with Gasteiger partial charge >= 0.3 is 0 Å². The molecular weight excluding hydrogens is 795 g/mol. The minimum atomic E-state index is 0.572. The highest BCUT2D eigenvalue weighted by Gasteiger charge is 2.24. The zero-order valence-electron chi connectivity index (χ0n) is 34.9. The average molecular weight is 830 g/mol. The standard InChI is InChI=1S/C59H35N5O/c1-3-16-37(17-4-1)57-60-58(40-28-31-50-47(34-40)43-23-11-13-25-49(43)63(50)41-20-5-2-6-21-41)62-59(61-57)46-30-32-51(56-54(46)45-24-12-14-26-53(45)65-56)64-52-35-39-19-8-7-18-38(39)33-48(52)44-29-27-36-15-9-10-22-42(36)55(44)64/h1-35H. The van der Waals surface area contributed by atoms with Crippen molar-refractivity contribution >= 4 is 87.1 Å². The minimum absolute atomic E-state index is 0.572. The van der Waals surface area contributed by atoms with Crippen LogP contribution in [0.15, 0.2) is 217 Å². The van der Waals surface area contributed by atoms with Crippen LogP contribution in [0.4, 0.5) is 0 Å². The molecule has 0 spiro atoms. The van der Waals surface area contributed by atoms with Crippen molar-refractivity contribution in [2.24, 2.45) is 0 Å². The molecule has 0 amide bonds. The topological polar surface area (TPSA) is 61.7 Å². The van der Waals surface area contributed by atoms with Crippen LogP contribution in [-0.2, 0) is 0 Å². The summed E-state index contributed by atoms with van der Waals surface area (Å²) in [7, 11) is 0. The number of fused-ring (bicyclic) bond motifs is 12. The van der Waals surface area contributed by atoms with E-state index in [1.807, 2.05) is 30.3 Å². The molecule has 14 aromatic rings. The second-order valence-electron chi connectivity index (χ2n) is 16.8. The van der Waals surface area contributed by atoms with Crippen molar-refractivity contribution in [3.63, 3.8) is 0 Å². The molecule has 0 radical (unpaired) electrons. The first-order chi connectivity index (χ1) is 32.2. The third-order valence-corrected chi connectivity index (χ3v) is 13.1. The number of hydrogen-bond acceptors (Lipinski definition) is 4. The van der Waals surface area contributed by atoms with E-state index < -0.39 is 0 Å². The van der Waals surface area contributed by atoms with Crippen LogP contribution in [0.2, 0.25) is 0 Å². The molecule has 0 unspecified atom stereocenters. The Kier molecular flexibility index (Phi) is 7.59. The smallest absolute Gasteiger partial charge is 0.164 e. The van der Waals surface area contributed by atoms with Gasteiger partial charge in [0.2, 0.25) is 0 Å². The monoisotopic (exact) mass is 829 g/mol. The van der Waals surface area contributed by atoms with Crippen molar-refractivity contribution in [3.8, 4) is 45.5 Å². The first-order valence-corrected chi connectivity index (χ1v) is 21.9. The number of benzene rings is 10. The molecule has 65 heavy (non-hydrogen) atoms. The Morgan fingerprint density at radius 3 is 1.82 bits per heavy atom. The second kappa shape index (κ2) is 13.8. The van der Waals surface area contributed by atoms with Crippen LogP contribution in [0.25, 0.3) is 133 Å². The molecule has 4 heterocycles. The Morgan fingerprint density at radius 1 is 0.354 bits per heavy atom. The Labute approximate surface area is 371 Å². The highest BCUT2D eigenvalue weighted by atomic mass is 16.3. The van der Waals surface area contributed by atoms with Crippen LogP contribution in [0, 0.1) is 0 Å². The maximum absolute atomic E-state index is 7.03. The van der Waals surface area contributed by atoms with Crippen molar-refractivity contribution in [1.29, 1.82) is 0 Å². The van der Waals surface area contributed by atoms with Crippen LogP contribution in [0.5, 0.6) is 0 Å². The molecule has 302 valence electrons. The van der Waals surface area contributed by atoms with Gasteiger partial charge in [-0.2, -0.15) is 0 Å². The largest absolute Gasteiger partial charge is 0.454 e. The van der Waals surface area contributed by atoms with E-state index in [9.17, 15) is 0 Å². The molecule has 0 saturated heterocycles. The Bertz CT molecular complexity index is 4240. The molecule has 4 aromatic heterocycles. The predicted octanol–water partition coefficient (Wildman–Crippen LogP) is 15.3. The number of para-hydroxylation sites is 3. The summed E-state index contributed by atoms with van der Waals surface area (Å²) in [5.41, 5.74) is 10.8. The minimum Gasteiger partial charge on any atom is -0.454 e. The fourth-order valence-corrected chi connectivity index (χ4v) is 10.2. The maximum atomic E-state index is 7.03. The second-order valence-corrected chi connectivity index (χ2v) is 16.8. The van der Waals surface area contributed by atoms with Crippen LogP contribution in [-0.4, -0.2) is 24.1 Å². The molecule has 10 aromatic carbocycles. The van der Waals surface area contributed by atoms with Gasteiger partial charge in [-0.05, 0) is 82.9 Å². The summed E-state index contributed by atoms with van der Waals surface area (Å²) in [6, 6.07) is 74.9. The van der Waals surface area contributed by atoms with E-state index in [1.54, 1.807) is 0 Å². The molecule has 0 aliphatic rings. The Hall–Kier alpha value is -8.87. The van der Waals surface area contributed by atoms with Gasteiger partial charge < -0.3 is 13.6 Å². The molecular formula is C59H35N5O. The molecule has 6 heteroatoms. The highest BCUT2D eigenvalue weighted by molar-refractivity contribution is 6.22. The van der Waals surface area contributed by atoms with Crippen LogP contribution in [0.3, 0.4) is 0 Å². The highest BCUT2D eigenvalue weighted by Crippen LogP contribution is 2.44. The molecule has 0 bridgehead atoms. The van der Waals surface area contributed by atoms with Gasteiger partial charge in [0.05, 0.1) is 27.8 Å². The lowest BCUT2D eigenvalue weighted by Gasteiger charge is -2.13. The van der Waals surface area contributed by atoms with E-state index >= 15 is 0 Å². The fourth-order valence-electron chi connectivity index (χ4n) is 10.2. The lowest BCUT2D eigenvalue weighted by Crippen LogP contribution is -2.01. The first-order valence-electron chi connectivity index (χ1n) is 21.9. The lowest BCUT2D eigenvalue weighted by molar-refractivity contribution is 0.666. The van der Waals surface area contributed by atoms with Crippen molar-refractivity contribution in [1.82, 2.24) is 24.1 Å².